The van der Waals surface area contributed by atoms with Crippen LogP contribution in [-0.2, 0) is 17.6 Å². The first-order valence-electron chi connectivity index (χ1n) is 14.2. The van der Waals surface area contributed by atoms with E-state index in [0.717, 1.165) is 44.3 Å². The Labute approximate surface area is 256 Å². The highest BCUT2D eigenvalue weighted by Crippen LogP contribution is 2.37. The Hall–Kier alpha value is -4.38. The highest BCUT2D eigenvalue weighted by Gasteiger charge is 2.41. The summed E-state index contributed by atoms with van der Waals surface area (Å²) in [5.41, 5.74) is 0.452. The maximum Gasteiger partial charge on any atom is 0.434 e. The number of benzene rings is 2. The van der Waals surface area contributed by atoms with Gasteiger partial charge < -0.3 is 14.7 Å². The molecule has 228 valence electrons. The zero-order chi connectivity index (χ0) is 31.0. The molecule has 2 aromatic carbocycles. The molecule has 3 heterocycles. The van der Waals surface area contributed by atoms with Gasteiger partial charge in [-0.3, -0.25) is 4.79 Å². The summed E-state index contributed by atoms with van der Waals surface area (Å²) >= 11 is 6.26. The van der Waals surface area contributed by atoms with Crippen LogP contribution in [0.4, 0.5) is 13.2 Å². The van der Waals surface area contributed by atoms with Crippen molar-refractivity contribution in [2.45, 2.75) is 44.4 Å². The number of ether oxygens (including phenoxy) is 1. The molecule has 1 aliphatic heterocycles. The molecule has 1 aliphatic carbocycles. The van der Waals surface area contributed by atoms with E-state index >= 15 is 0 Å². The lowest BCUT2D eigenvalue weighted by Crippen LogP contribution is -2.38. The van der Waals surface area contributed by atoms with Crippen molar-refractivity contribution in [1.82, 2.24) is 19.7 Å². The van der Waals surface area contributed by atoms with Gasteiger partial charge in [-0.25, -0.2) is 14.5 Å². The van der Waals surface area contributed by atoms with Gasteiger partial charge in [-0.05, 0) is 73.1 Å². The number of piperidine rings is 1. The minimum absolute atomic E-state index is 0.216. The fourth-order valence-corrected chi connectivity index (χ4v) is 5.71. The van der Waals surface area contributed by atoms with Crippen LogP contribution < -0.4 is 4.74 Å². The number of alkyl halides is 3. The van der Waals surface area contributed by atoms with Crippen LogP contribution in [0.25, 0.3) is 17.1 Å². The summed E-state index contributed by atoms with van der Waals surface area (Å²) in [6.07, 6.45) is -0.408. The fourth-order valence-electron chi connectivity index (χ4n) is 5.54. The number of likely N-dealkylation sites (tertiary alicyclic amines) is 1. The fraction of sp³-hybridized carbons (Fsp3) is 0.312. The average Bonchev–Trinajstić information content (AvgIpc) is 3.76. The zero-order valence-corrected chi connectivity index (χ0v) is 24.2. The number of aromatic nitrogens is 3. The molecule has 2 aliphatic rings. The largest absolute Gasteiger partial charge is 0.488 e. The number of hydrogen-bond acceptors (Lipinski definition) is 5. The molecular weight excluding hydrogens is 597 g/mol. The first kappa shape index (κ1) is 29.7. The monoisotopic (exact) mass is 624 g/mol. The molecule has 1 saturated heterocycles. The van der Waals surface area contributed by atoms with E-state index in [2.05, 4.69) is 22.2 Å². The van der Waals surface area contributed by atoms with Gasteiger partial charge in [0.15, 0.2) is 11.5 Å². The molecule has 44 heavy (non-hydrogen) atoms. The van der Waals surface area contributed by atoms with E-state index in [1.54, 1.807) is 24.3 Å². The molecule has 1 N–H and O–H groups in total. The summed E-state index contributed by atoms with van der Waals surface area (Å²) < 4.78 is 48.0. The Balaban J connectivity index is 1.17. The van der Waals surface area contributed by atoms with Gasteiger partial charge in [-0.15, -0.1) is 0 Å². The van der Waals surface area contributed by atoms with Gasteiger partial charge >= 0.3 is 12.1 Å². The number of nitrogens with zero attached hydrogens (tertiary/aromatic N) is 4. The third-order valence-corrected chi connectivity index (χ3v) is 8.25. The average molecular weight is 625 g/mol. The summed E-state index contributed by atoms with van der Waals surface area (Å²) in [5.74, 6) is -0.598. The zero-order valence-electron chi connectivity index (χ0n) is 23.4. The number of amides is 1. The third-order valence-electron chi connectivity index (χ3n) is 8.02. The molecule has 0 spiro atoms. The Morgan fingerprint density at radius 2 is 1.73 bits per heavy atom. The van der Waals surface area contributed by atoms with Crippen LogP contribution in [0.3, 0.4) is 0 Å². The van der Waals surface area contributed by atoms with E-state index in [1.165, 1.54) is 17.7 Å². The van der Waals surface area contributed by atoms with E-state index in [1.807, 2.05) is 17.0 Å². The topological polar surface area (TPSA) is 97.5 Å². The van der Waals surface area contributed by atoms with Gasteiger partial charge in [0.1, 0.15) is 17.9 Å². The van der Waals surface area contributed by atoms with Crippen LogP contribution in [0, 0.1) is 5.92 Å². The predicted molar refractivity (Wildman–Crippen MR) is 156 cm³/mol. The molecule has 4 aromatic rings. The van der Waals surface area contributed by atoms with Crippen molar-refractivity contribution >= 4 is 23.5 Å². The number of hydrogen-bond donors (Lipinski definition) is 1. The van der Waals surface area contributed by atoms with Crippen molar-refractivity contribution in [3.8, 4) is 22.8 Å². The number of carbonyl (C=O) groups is 2. The maximum absolute atomic E-state index is 13.8. The number of pyridine rings is 1. The molecule has 2 fully saturated rings. The Morgan fingerprint density at radius 3 is 2.39 bits per heavy atom. The van der Waals surface area contributed by atoms with Crippen LogP contribution in [0.1, 0.15) is 58.8 Å². The number of halogens is 4. The molecule has 8 nitrogen and oxygen atoms in total. The summed E-state index contributed by atoms with van der Waals surface area (Å²) in [4.78, 5) is 30.1. The SMILES string of the molecule is O=C(O)c1cnn(-c2cccc(-c3cc(Cl)ccc3OCc3ccc(C4CCN(C(=O)C5CC5)CC4)cc3)n2)c1C(F)(F)F. The lowest BCUT2D eigenvalue weighted by molar-refractivity contribution is -0.143. The maximum atomic E-state index is 13.8. The Bertz CT molecular complexity index is 1690. The molecule has 1 amide bonds. The molecule has 0 unspecified atom stereocenters. The number of carboxylic acids is 1. The summed E-state index contributed by atoms with van der Waals surface area (Å²) in [6.45, 7) is 1.80. The van der Waals surface area contributed by atoms with E-state index in [4.69, 9.17) is 16.3 Å². The van der Waals surface area contributed by atoms with Gasteiger partial charge in [0.05, 0.1) is 11.9 Å². The van der Waals surface area contributed by atoms with Crippen molar-refractivity contribution in [2.75, 3.05) is 13.1 Å². The van der Waals surface area contributed by atoms with Gasteiger partial charge in [-0.2, -0.15) is 18.3 Å². The van der Waals surface area contributed by atoms with E-state index in [0.29, 0.717) is 39.0 Å². The quantitative estimate of drug-likeness (QED) is 0.227. The van der Waals surface area contributed by atoms with E-state index in [-0.39, 0.29) is 24.0 Å². The van der Waals surface area contributed by atoms with Crippen molar-refractivity contribution in [3.63, 3.8) is 0 Å². The second kappa shape index (κ2) is 12.0. The van der Waals surface area contributed by atoms with Crippen LogP contribution in [0.5, 0.6) is 5.75 Å². The minimum atomic E-state index is -4.98. The highest BCUT2D eigenvalue weighted by molar-refractivity contribution is 6.31. The van der Waals surface area contributed by atoms with E-state index < -0.39 is 23.4 Å². The molecule has 0 bridgehead atoms. The first-order chi connectivity index (χ1) is 21.1. The molecule has 12 heteroatoms. The number of carbonyl (C=O) groups excluding carboxylic acids is 1. The highest BCUT2D eigenvalue weighted by atomic mass is 35.5. The molecule has 2 aromatic heterocycles. The minimum Gasteiger partial charge on any atom is -0.488 e. The molecule has 6 rings (SSSR count). The lowest BCUT2D eigenvalue weighted by atomic mass is 9.89. The number of rotatable bonds is 8. The lowest BCUT2D eigenvalue weighted by Gasteiger charge is -2.32. The third kappa shape index (κ3) is 6.28. The molecular formula is C32H28ClF3N4O4. The number of carboxylic acid groups (broad SMARTS) is 1. The van der Waals surface area contributed by atoms with Crippen LogP contribution in [0.15, 0.2) is 66.9 Å². The van der Waals surface area contributed by atoms with Gasteiger partial charge in [0.2, 0.25) is 5.91 Å². The predicted octanol–water partition coefficient (Wildman–Crippen LogP) is 7.00. The van der Waals surface area contributed by atoms with E-state index in [9.17, 15) is 27.9 Å². The second-order valence-electron chi connectivity index (χ2n) is 11.0. The molecule has 1 saturated carbocycles. The first-order valence-corrected chi connectivity index (χ1v) is 14.6. The normalized spacial score (nSPS) is 15.8. The summed E-state index contributed by atoms with van der Waals surface area (Å²) in [5, 5.41) is 13.3. The summed E-state index contributed by atoms with van der Waals surface area (Å²) in [7, 11) is 0. The van der Waals surface area contributed by atoms with Gasteiger partial charge in [0, 0.05) is 29.6 Å². The Morgan fingerprint density at radius 1 is 1.00 bits per heavy atom. The molecule has 0 radical (unpaired) electrons. The van der Waals surface area contributed by atoms with Crippen molar-refractivity contribution in [1.29, 1.82) is 0 Å². The Kier molecular flexibility index (Phi) is 8.06. The number of aromatic carboxylic acids is 1. The van der Waals surface area contributed by atoms with Crippen molar-refractivity contribution in [2.24, 2.45) is 5.92 Å². The standard InChI is InChI=1S/C32H28ClF3N4O4/c33-23-10-11-27(44-18-19-4-6-20(7-5-19)21-12-14-39(15-13-21)30(41)22-8-9-22)24(16-23)26-2-1-3-28(38-26)40-29(32(34,35)36)25(17-37-40)31(42)43/h1-7,10-11,16-17,21-22H,8-9,12-15,18H2,(H,42,43). The van der Waals surface area contributed by atoms with Crippen LogP contribution >= 0.6 is 11.6 Å². The smallest absolute Gasteiger partial charge is 0.434 e. The molecule has 0 atom stereocenters. The second-order valence-corrected chi connectivity index (χ2v) is 11.5. The van der Waals surface area contributed by atoms with Crippen LogP contribution in [0.2, 0.25) is 5.02 Å². The summed E-state index contributed by atoms with van der Waals surface area (Å²) in [6, 6.07) is 17.5. The van der Waals surface area contributed by atoms with Gasteiger partial charge in [0.25, 0.3) is 0 Å². The van der Waals surface area contributed by atoms with Gasteiger partial charge in [-0.1, -0.05) is 41.9 Å². The van der Waals surface area contributed by atoms with Crippen molar-refractivity contribution in [3.05, 3.63) is 94.3 Å². The van der Waals surface area contributed by atoms with Crippen LogP contribution in [-0.4, -0.2) is 49.7 Å². The van der Waals surface area contributed by atoms with Crippen molar-refractivity contribution < 1.29 is 32.6 Å².